The lowest BCUT2D eigenvalue weighted by Gasteiger charge is -2.42. The highest BCUT2D eigenvalue weighted by atomic mass is 35.5. The molecule has 3 N–H and O–H groups in total. The number of anilines is 2. The molecular weight excluding hydrogens is 659 g/mol. The van der Waals surface area contributed by atoms with Gasteiger partial charge in [-0.3, -0.25) is 4.90 Å². The van der Waals surface area contributed by atoms with Crippen LogP contribution in [0.5, 0.6) is 6.01 Å². The summed E-state index contributed by atoms with van der Waals surface area (Å²) in [7, 11) is 0. The van der Waals surface area contributed by atoms with Gasteiger partial charge in [0.1, 0.15) is 29.0 Å². The van der Waals surface area contributed by atoms with Crippen LogP contribution in [0.1, 0.15) is 50.5 Å². The second-order valence-electron chi connectivity index (χ2n) is 14.2. The fourth-order valence-electron chi connectivity index (χ4n) is 9.03. The number of hydrogen-bond donors (Lipinski definition) is 2. The number of nitrogen functional groups attached to an aromatic ring is 1. The Morgan fingerprint density at radius 3 is 2.88 bits per heavy atom. The Labute approximate surface area is 284 Å². The van der Waals surface area contributed by atoms with E-state index in [9.17, 15) is 14.0 Å². The summed E-state index contributed by atoms with van der Waals surface area (Å²) in [6, 6.07) is 9.56. The lowest BCUT2D eigenvalue weighted by molar-refractivity contribution is 0.108. The van der Waals surface area contributed by atoms with Gasteiger partial charge in [-0.25, -0.2) is 4.39 Å². The second kappa shape index (κ2) is 10.9. The van der Waals surface area contributed by atoms with Gasteiger partial charge in [-0.15, -0.1) is 11.3 Å². The van der Waals surface area contributed by atoms with E-state index in [1.807, 2.05) is 6.07 Å². The molecule has 0 unspecified atom stereocenters. The Morgan fingerprint density at radius 2 is 2.08 bits per heavy atom. The lowest BCUT2D eigenvalue weighted by atomic mass is 9.90. The molecule has 2 aromatic heterocycles. The molecule has 248 valence electrons. The number of halogens is 4. The maximum atomic E-state index is 17.1. The molecule has 2 bridgehead atoms. The van der Waals surface area contributed by atoms with Crippen LogP contribution in [0.4, 0.5) is 24.0 Å². The van der Waals surface area contributed by atoms with Crippen molar-refractivity contribution in [1.29, 1.82) is 5.26 Å². The monoisotopic (exact) mass is 691 g/mol. The fraction of sp³-hybridized carbons (Fsp3) is 0.457. The maximum Gasteiger partial charge on any atom is 0.319 e. The summed E-state index contributed by atoms with van der Waals surface area (Å²) < 4.78 is 51.5. The standard InChI is InChI=1S/C35H33ClF3N7OS/c36-24-11-22-29(28(37)27(24)21-3-1-4-25-26(21)23(13-40)31(41)48-25)42-33(47-17-34-8-2-10-46(34)14-18(12-34)30(38)39)43-32(22)45-15-20-7-9-35(16-45,44-20)19-5-6-19/h1,3-4,11,19-20,44H,2,5-10,12,14-17,41H2/t20-,34-,35+/m0/s1. The first-order valence-corrected chi connectivity index (χ1v) is 17.7. The smallest absolute Gasteiger partial charge is 0.319 e. The molecule has 4 saturated heterocycles. The predicted molar refractivity (Wildman–Crippen MR) is 181 cm³/mol. The molecule has 13 heteroatoms. The zero-order valence-electron chi connectivity index (χ0n) is 26.1. The third-order valence-corrected chi connectivity index (χ3v) is 12.7. The first-order chi connectivity index (χ1) is 23.2. The van der Waals surface area contributed by atoms with Gasteiger partial charge < -0.3 is 20.7 Å². The molecule has 6 heterocycles. The number of nitrogens with one attached hydrogen (secondary N) is 1. The maximum absolute atomic E-state index is 17.1. The van der Waals surface area contributed by atoms with Crippen LogP contribution in [0.25, 0.3) is 32.1 Å². The molecule has 1 aliphatic carbocycles. The normalized spacial score (nSPS) is 26.9. The van der Waals surface area contributed by atoms with E-state index in [1.165, 1.54) is 24.2 Å². The second-order valence-corrected chi connectivity index (χ2v) is 15.7. The Morgan fingerprint density at radius 1 is 1.23 bits per heavy atom. The van der Waals surface area contributed by atoms with E-state index >= 15 is 4.39 Å². The van der Waals surface area contributed by atoms with Crippen molar-refractivity contribution in [3.63, 3.8) is 0 Å². The fourth-order valence-corrected chi connectivity index (χ4v) is 10.3. The van der Waals surface area contributed by atoms with Gasteiger partial charge >= 0.3 is 6.01 Å². The number of nitrogens with two attached hydrogens (primary N) is 1. The van der Waals surface area contributed by atoms with Crippen LogP contribution >= 0.6 is 22.9 Å². The van der Waals surface area contributed by atoms with Crippen LogP contribution in [-0.4, -0.2) is 64.8 Å². The third kappa shape index (κ3) is 4.61. The van der Waals surface area contributed by atoms with Crippen molar-refractivity contribution in [2.45, 2.75) is 62.1 Å². The molecule has 5 fully saturated rings. The van der Waals surface area contributed by atoms with E-state index < -0.39 is 17.4 Å². The van der Waals surface area contributed by atoms with Crippen molar-refractivity contribution in [2.24, 2.45) is 5.92 Å². The molecular formula is C35H33ClF3N7OS. The van der Waals surface area contributed by atoms with Gasteiger partial charge in [0, 0.05) is 57.8 Å². The molecule has 9 rings (SSSR count). The van der Waals surface area contributed by atoms with Gasteiger partial charge in [-0.1, -0.05) is 23.7 Å². The molecule has 3 atom stereocenters. The average Bonchev–Trinajstić information content (AvgIpc) is 3.52. The summed E-state index contributed by atoms with van der Waals surface area (Å²) in [5, 5.41) is 15.4. The Bertz CT molecular complexity index is 2090. The first-order valence-electron chi connectivity index (χ1n) is 16.5. The minimum Gasteiger partial charge on any atom is -0.461 e. The number of benzene rings is 2. The topological polar surface area (TPSA) is 103 Å². The van der Waals surface area contributed by atoms with Crippen molar-refractivity contribution >= 4 is 54.7 Å². The van der Waals surface area contributed by atoms with Gasteiger partial charge in [-0.05, 0) is 75.1 Å². The van der Waals surface area contributed by atoms with Crippen molar-refractivity contribution in [1.82, 2.24) is 20.2 Å². The van der Waals surface area contributed by atoms with Crippen molar-refractivity contribution in [3.8, 4) is 23.2 Å². The van der Waals surface area contributed by atoms with E-state index in [0.717, 1.165) is 43.5 Å². The van der Waals surface area contributed by atoms with E-state index in [1.54, 1.807) is 18.2 Å². The molecule has 4 aliphatic heterocycles. The molecule has 48 heavy (non-hydrogen) atoms. The zero-order valence-corrected chi connectivity index (χ0v) is 27.7. The Hall–Kier alpha value is -3.63. The van der Waals surface area contributed by atoms with Crippen molar-refractivity contribution in [3.05, 3.63) is 52.3 Å². The number of hydrogen-bond acceptors (Lipinski definition) is 9. The highest BCUT2D eigenvalue weighted by Gasteiger charge is 2.53. The number of rotatable bonds is 6. The minimum atomic E-state index is -1.63. The van der Waals surface area contributed by atoms with Gasteiger partial charge in [0.05, 0.1) is 16.1 Å². The molecule has 1 saturated carbocycles. The first kappa shape index (κ1) is 30.4. The van der Waals surface area contributed by atoms with Crippen molar-refractivity contribution in [2.75, 3.05) is 43.4 Å². The van der Waals surface area contributed by atoms with Crippen molar-refractivity contribution < 1.29 is 17.9 Å². The number of thiophene rings is 1. The highest BCUT2D eigenvalue weighted by molar-refractivity contribution is 7.23. The quantitative estimate of drug-likeness (QED) is 0.218. The Kier molecular flexibility index (Phi) is 6.93. The van der Waals surface area contributed by atoms with Crippen LogP contribution in [0.2, 0.25) is 5.02 Å². The summed E-state index contributed by atoms with van der Waals surface area (Å²) in [5.41, 5.74) is 6.65. The Balaban J connectivity index is 1.19. The summed E-state index contributed by atoms with van der Waals surface area (Å²) in [4.78, 5) is 13.9. The number of aromatic nitrogens is 2. The van der Waals surface area contributed by atoms with Gasteiger partial charge in [0.25, 0.3) is 6.08 Å². The number of fused-ring (bicyclic) bond motifs is 5. The largest absolute Gasteiger partial charge is 0.461 e. The molecule has 4 aromatic rings. The third-order valence-electron chi connectivity index (χ3n) is 11.4. The molecule has 8 nitrogen and oxygen atoms in total. The minimum absolute atomic E-state index is 0.00565. The predicted octanol–water partition coefficient (Wildman–Crippen LogP) is 7.25. The lowest BCUT2D eigenvalue weighted by Crippen LogP contribution is -2.61. The summed E-state index contributed by atoms with van der Waals surface area (Å²) >= 11 is 8.23. The van der Waals surface area contributed by atoms with Crippen LogP contribution in [0.3, 0.4) is 0 Å². The van der Waals surface area contributed by atoms with Crippen LogP contribution in [0, 0.1) is 23.1 Å². The summed E-state index contributed by atoms with van der Waals surface area (Å²) in [5.74, 6) is 0.509. The van der Waals surface area contributed by atoms with E-state index in [-0.39, 0.29) is 64.4 Å². The number of piperazine rings is 1. The van der Waals surface area contributed by atoms with E-state index in [4.69, 9.17) is 27.1 Å². The molecule has 0 amide bonds. The van der Waals surface area contributed by atoms with Crippen LogP contribution < -0.4 is 20.7 Å². The highest BCUT2D eigenvalue weighted by Crippen LogP contribution is 2.50. The molecule has 2 aromatic carbocycles. The number of nitrogens with zero attached hydrogens (tertiary/aromatic N) is 5. The molecule has 0 spiro atoms. The average molecular weight is 692 g/mol. The summed E-state index contributed by atoms with van der Waals surface area (Å²) in [6.45, 7) is 2.48. The number of ether oxygens (including phenoxy) is 1. The number of nitriles is 1. The summed E-state index contributed by atoms with van der Waals surface area (Å²) in [6.07, 6.45) is 4.73. The SMILES string of the molecule is N#Cc1c(N)sc2cccc(-c3c(Cl)cc4c(N5C[C@@H]6CC[C@](C7CC7)(C5)N6)nc(OC[C@@]56CCCN5CC(=C(F)F)C6)nc4c3F)c12. The zero-order chi connectivity index (χ0) is 32.9. The van der Waals surface area contributed by atoms with Gasteiger partial charge in [0.15, 0.2) is 5.82 Å². The van der Waals surface area contributed by atoms with E-state index in [2.05, 4.69) is 26.2 Å². The van der Waals surface area contributed by atoms with Crippen LogP contribution in [-0.2, 0) is 0 Å². The van der Waals surface area contributed by atoms with Gasteiger partial charge in [0.2, 0.25) is 0 Å². The van der Waals surface area contributed by atoms with Gasteiger partial charge in [-0.2, -0.15) is 24.0 Å². The molecule has 5 aliphatic rings. The van der Waals surface area contributed by atoms with Crippen LogP contribution in [0.15, 0.2) is 35.9 Å². The van der Waals surface area contributed by atoms with E-state index in [0.29, 0.717) is 39.6 Å². The molecule has 0 radical (unpaired) electrons.